The number of amides is 1. The topological polar surface area (TPSA) is 41.5 Å². The summed E-state index contributed by atoms with van der Waals surface area (Å²) in [6.07, 6.45) is 4.37. The molecule has 0 saturated heterocycles. The average Bonchev–Trinajstić information content (AvgIpc) is 2.54. The number of benzene rings is 2. The Morgan fingerprint density at radius 1 is 1.14 bits per heavy atom. The van der Waals surface area contributed by atoms with E-state index < -0.39 is 0 Å². The van der Waals surface area contributed by atoms with Crippen LogP contribution in [0.25, 0.3) is 0 Å². The molecule has 4 heteroatoms. The van der Waals surface area contributed by atoms with E-state index in [0.717, 1.165) is 16.9 Å². The first kappa shape index (κ1) is 15.3. The molecule has 1 N–H and O–H groups in total. The molecule has 0 spiro atoms. The zero-order valence-electron chi connectivity index (χ0n) is 12.2. The normalized spacial score (nSPS) is 10.8. The van der Waals surface area contributed by atoms with Crippen LogP contribution in [0.2, 0.25) is 0 Å². The van der Waals surface area contributed by atoms with E-state index in [1.54, 1.807) is 11.8 Å². The van der Waals surface area contributed by atoms with Gasteiger partial charge in [-0.15, -0.1) is 11.8 Å². The van der Waals surface area contributed by atoms with E-state index in [0.29, 0.717) is 6.42 Å². The van der Waals surface area contributed by atoms with Crippen molar-refractivity contribution in [2.24, 2.45) is 4.99 Å². The van der Waals surface area contributed by atoms with Gasteiger partial charge < -0.3 is 5.32 Å². The first-order valence-corrected chi connectivity index (χ1v) is 8.02. The number of rotatable bonds is 5. The highest BCUT2D eigenvalue weighted by Crippen LogP contribution is 2.17. The highest BCUT2D eigenvalue weighted by Gasteiger charge is 1.98. The number of carbonyl (C=O) groups excluding carboxylic acids is 1. The van der Waals surface area contributed by atoms with Crippen LogP contribution in [0.15, 0.2) is 58.4 Å². The molecule has 0 bridgehead atoms. The van der Waals surface area contributed by atoms with Crippen LogP contribution in [0.4, 0.5) is 11.4 Å². The van der Waals surface area contributed by atoms with Crippen LogP contribution < -0.4 is 5.32 Å². The van der Waals surface area contributed by atoms with E-state index in [9.17, 15) is 4.79 Å². The van der Waals surface area contributed by atoms with Gasteiger partial charge in [0, 0.05) is 23.2 Å². The smallest absolute Gasteiger partial charge is 0.224 e. The van der Waals surface area contributed by atoms with Gasteiger partial charge in [-0.3, -0.25) is 9.79 Å². The van der Waals surface area contributed by atoms with Crippen molar-refractivity contribution in [1.29, 1.82) is 0 Å². The fraction of sp³-hybridized carbons (Fsp3) is 0.176. The summed E-state index contributed by atoms with van der Waals surface area (Å²) in [6, 6.07) is 15.7. The molecule has 0 atom stereocenters. The highest BCUT2D eigenvalue weighted by atomic mass is 32.2. The van der Waals surface area contributed by atoms with Crippen molar-refractivity contribution in [3.8, 4) is 0 Å². The molecule has 3 nitrogen and oxygen atoms in total. The summed E-state index contributed by atoms with van der Waals surface area (Å²) in [6.45, 7) is 1.83. The molecule has 0 fully saturated rings. The Morgan fingerprint density at radius 3 is 2.38 bits per heavy atom. The van der Waals surface area contributed by atoms with Crippen molar-refractivity contribution in [2.75, 3.05) is 11.6 Å². The predicted octanol–water partition coefficient (Wildman–Crippen LogP) is 4.51. The van der Waals surface area contributed by atoms with Crippen LogP contribution >= 0.6 is 11.8 Å². The third-order valence-corrected chi connectivity index (χ3v) is 3.69. The van der Waals surface area contributed by atoms with Gasteiger partial charge in [0.25, 0.3) is 0 Å². The number of aliphatic imine (C=N–C) groups is 1. The number of nitrogens with one attached hydrogen (secondary N) is 1. The van der Waals surface area contributed by atoms with E-state index >= 15 is 0 Å². The molecule has 0 saturated carbocycles. The van der Waals surface area contributed by atoms with Crippen LogP contribution in [-0.4, -0.2) is 18.4 Å². The summed E-state index contributed by atoms with van der Waals surface area (Å²) in [4.78, 5) is 17.0. The summed E-state index contributed by atoms with van der Waals surface area (Å²) in [5.74, 6) is 0.0140. The molecule has 2 aromatic rings. The van der Waals surface area contributed by atoms with E-state index in [1.807, 2.05) is 49.5 Å². The number of nitrogens with zero attached hydrogens (tertiary/aromatic N) is 1. The lowest BCUT2D eigenvalue weighted by Crippen LogP contribution is -2.08. The molecule has 0 unspecified atom stereocenters. The van der Waals surface area contributed by atoms with Crippen LogP contribution in [0, 0.1) is 0 Å². The number of anilines is 1. The summed E-state index contributed by atoms with van der Waals surface area (Å²) < 4.78 is 0. The second-order valence-corrected chi connectivity index (χ2v) is 5.36. The Labute approximate surface area is 129 Å². The average molecular weight is 298 g/mol. The maximum absolute atomic E-state index is 11.3. The molecular formula is C17H18N2OS. The van der Waals surface area contributed by atoms with Gasteiger partial charge in [0.2, 0.25) is 5.91 Å². The Morgan fingerprint density at radius 2 is 1.81 bits per heavy atom. The van der Waals surface area contributed by atoms with Gasteiger partial charge in [0.05, 0.1) is 5.69 Å². The second kappa shape index (κ2) is 7.64. The molecule has 0 aliphatic heterocycles. The van der Waals surface area contributed by atoms with Gasteiger partial charge >= 0.3 is 0 Å². The largest absolute Gasteiger partial charge is 0.326 e. The fourth-order valence-corrected chi connectivity index (χ4v) is 2.13. The van der Waals surface area contributed by atoms with Crippen molar-refractivity contribution in [1.82, 2.24) is 0 Å². The molecule has 1 amide bonds. The summed E-state index contributed by atoms with van der Waals surface area (Å²) in [5, 5.41) is 2.81. The van der Waals surface area contributed by atoms with Crippen LogP contribution in [-0.2, 0) is 4.79 Å². The van der Waals surface area contributed by atoms with Gasteiger partial charge in [-0.05, 0) is 48.2 Å². The third-order valence-electron chi connectivity index (χ3n) is 2.95. The summed E-state index contributed by atoms with van der Waals surface area (Å²) >= 11 is 1.72. The Bertz CT molecular complexity index is 618. The molecular weight excluding hydrogens is 280 g/mol. The van der Waals surface area contributed by atoms with E-state index in [2.05, 4.69) is 28.7 Å². The van der Waals surface area contributed by atoms with Crippen molar-refractivity contribution < 1.29 is 4.79 Å². The molecule has 21 heavy (non-hydrogen) atoms. The Hall–Kier alpha value is -2.07. The quantitative estimate of drug-likeness (QED) is 0.652. The van der Waals surface area contributed by atoms with Gasteiger partial charge in [-0.1, -0.05) is 19.1 Å². The molecule has 108 valence electrons. The van der Waals surface area contributed by atoms with Gasteiger partial charge in [0.15, 0.2) is 0 Å². The van der Waals surface area contributed by atoms with E-state index in [1.165, 1.54) is 4.90 Å². The van der Waals surface area contributed by atoms with Crippen molar-refractivity contribution in [3.05, 3.63) is 54.1 Å². The van der Waals surface area contributed by atoms with E-state index in [4.69, 9.17) is 0 Å². The van der Waals surface area contributed by atoms with Gasteiger partial charge in [-0.25, -0.2) is 0 Å². The first-order valence-electron chi connectivity index (χ1n) is 6.79. The fourth-order valence-electron chi connectivity index (χ4n) is 1.72. The number of thioether (sulfide) groups is 1. The van der Waals surface area contributed by atoms with Gasteiger partial charge in [-0.2, -0.15) is 0 Å². The Balaban J connectivity index is 2.01. The van der Waals surface area contributed by atoms with Crippen molar-refractivity contribution in [2.45, 2.75) is 18.2 Å². The first-order chi connectivity index (χ1) is 10.2. The zero-order chi connectivity index (χ0) is 15.1. The van der Waals surface area contributed by atoms with Crippen LogP contribution in [0.3, 0.4) is 0 Å². The lowest BCUT2D eigenvalue weighted by Gasteiger charge is -2.03. The lowest BCUT2D eigenvalue weighted by atomic mass is 10.2. The number of carbonyl (C=O) groups is 1. The molecule has 0 aromatic heterocycles. The molecule has 0 radical (unpaired) electrons. The summed E-state index contributed by atoms with van der Waals surface area (Å²) in [7, 11) is 0. The lowest BCUT2D eigenvalue weighted by molar-refractivity contribution is -0.115. The standard InChI is InChI=1S/C17H18N2OS/c1-3-17(20)19-15-8-6-14(7-9-15)18-12-13-4-10-16(21-2)11-5-13/h4-12H,3H2,1-2H3,(H,19,20). The Kier molecular flexibility index (Phi) is 5.58. The molecule has 0 heterocycles. The maximum Gasteiger partial charge on any atom is 0.224 e. The minimum atomic E-state index is 0.0140. The second-order valence-electron chi connectivity index (χ2n) is 4.48. The monoisotopic (exact) mass is 298 g/mol. The maximum atomic E-state index is 11.3. The number of hydrogen-bond donors (Lipinski definition) is 1. The molecule has 2 rings (SSSR count). The molecule has 0 aliphatic carbocycles. The molecule has 0 aliphatic rings. The minimum absolute atomic E-state index is 0.0140. The minimum Gasteiger partial charge on any atom is -0.326 e. The highest BCUT2D eigenvalue weighted by molar-refractivity contribution is 7.98. The third kappa shape index (κ3) is 4.76. The van der Waals surface area contributed by atoms with Crippen molar-refractivity contribution in [3.63, 3.8) is 0 Å². The van der Waals surface area contributed by atoms with Crippen molar-refractivity contribution >= 4 is 35.3 Å². The van der Waals surface area contributed by atoms with Gasteiger partial charge in [0.1, 0.15) is 0 Å². The van der Waals surface area contributed by atoms with E-state index in [-0.39, 0.29) is 5.91 Å². The zero-order valence-corrected chi connectivity index (χ0v) is 13.0. The van der Waals surface area contributed by atoms with Crippen LogP contribution in [0.5, 0.6) is 0 Å². The predicted molar refractivity (Wildman–Crippen MR) is 90.8 cm³/mol. The molecule has 2 aromatic carbocycles. The SMILES string of the molecule is CCC(=O)Nc1ccc(N=Cc2ccc(SC)cc2)cc1. The van der Waals surface area contributed by atoms with Crippen LogP contribution in [0.1, 0.15) is 18.9 Å². The number of hydrogen-bond acceptors (Lipinski definition) is 3. The summed E-state index contributed by atoms with van der Waals surface area (Å²) in [5.41, 5.74) is 2.72.